The summed E-state index contributed by atoms with van der Waals surface area (Å²) < 4.78 is 6.32. The predicted molar refractivity (Wildman–Crippen MR) is 53.6 cm³/mol. The van der Waals surface area contributed by atoms with E-state index in [4.69, 9.17) is 21.6 Å². The van der Waals surface area contributed by atoms with Gasteiger partial charge < -0.3 is 4.74 Å². The monoisotopic (exact) mass is 227 g/mol. The molecule has 0 radical (unpaired) electrons. The van der Waals surface area contributed by atoms with E-state index in [9.17, 15) is 4.79 Å². The fraction of sp³-hybridized carbons (Fsp3) is 0.444. The number of carbonyl (C=O) groups excluding carboxylic acids is 1. The summed E-state index contributed by atoms with van der Waals surface area (Å²) >= 11 is 5.91. The zero-order chi connectivity index (χ0) is 11.3. The van der Waals surface area contributed by atoms with E-state index in [-0.39, 0.29) is 11.8 Å². The molecule has 1 aromatic rings. The molecule has 0 saturated heterocycles. The van der Waals surface area contributed by atoms with Gasteiger partial charge in [0.25, 0.3) is 0 Å². The Kier molecular flexibility index (Phi) is 4.28. The summed E-state index contributed by atoms with van der Waals surface area (Å²) in [6, 6.07) is 1.98. The van der Waals surface area contributed by atoms with E-state index >= 15 is 0 Å². The van der Waals surface area contributed by atoms with Crippen LogP contribution in [0.3, 0.4) is 0 Å². The van der Waals surface area contributed by atoms with Crippen molar-refractivity contribution in [2.45, 2.75) is 19.6 Å². The lowest BCUT2D eigenvalue weighted by atomic mass is 10.3. The fourth-order valence-electron chi connectivity index (χ4n) is 1.17. The number of hydrogen-bond acceptors (Lipinski definition) is 4. The number of ether oxygens (including phenoxy) is 1. The molecule has 0 N–H and O–H groups in total. The molecule has 80 valence electrons. The summed E-state index contributed by atoms with van der Waals surface area (Å²) in [5, 5.41) is 12.8. The van der Waals surface area contributed by atoms with E-state index in [1.807, 2.05) is 6.07 Å². The molecule has 0 aliphatic heterocycles. The minimum absolute atomic E-state index is 0.230. The first-order chi connectivity index (χ1) is 7.24. The smallest absolute Gasteiger partial charge is 0.155 e. The van der Waals surface area contributed by atoms with E-state index in [1.165, 1.54) is 11.8 Å². The van der Waals surface area contributed by atoms with Crippen LogP contribution in [0, 0.1) is 11.3 Å². The first-order valence-corrected chi connectivity index (χ1v) is 4.68. The van der Waals surface area contributed by atoms with E-state index in [1.54, 1.807) is 0 Å². The van der Waals surface area contributed by atoms with Gasteiger partial charge in [0.05, 0.1) is 31.2 Å². The largest absolute Gasteiger partial charge is 0.378 e. The van der Waals surface area contributed by atoms with Crippen LogP contribution in [-0.4, -0.2) is 23.2 Å². The van der Waals surface area contributed by atoms with Crippen molar-refractivity contribution in [2.75, 3.05) is 7.11 Å². The Balaban J connectivity index is 2.99. The Morgan fingerprint density at radius 2 is 2.47 bits per heavy atom. The second-order valence-corrected chi connectivity index (χ2v) is 3.19. The minimum atomic E-state index is 0.230. The second kappa shape index (κ2) is 5.49. The van der Waals surface area contributed by atoms with Crippen molar-refractivity contribution < 1.29 is 9.53 Å². The van der Waals surface area contributed by atoms with Gasteiger partial charge in [0.2, 0.25) is 0 Å². The van der Waals surface area contributed by atoms with Gasteiger partial charge in [0, 0.05) is 7.11 Å². The summed E-state index contributed by atoms with van der Waals surface area (Å²) in [7, 11) is 1.51. The highest BCUT2D eigenvalue weighted by Gasteiger charge is 2.14. The number of hydrogen-bond donors (Lipinski definition) is 0. The van der Waals surface area contributed by atoms with Crippen LogP contribution < -0.4 is 0 Å². The molecular formula is C9H10ClN3O2. The van der Waals surface area contributed by atoms with Crippen molar-refractivity contribution in [1.82, 2.24) is 9.78 Å². The number of aldehydes is 1. The van der Waals surface area contributed by atoms with Crippen molar-refractivity contribution in [3.63, 3.8) is 0 Å². The highest BCUT2D eigenvalue weighted by Crippen LogP contribution is 2.19. The minimum Gasteiger partial charge on any atom is -0.378 e. The summed E-state index contributed by atoms with van der Waals surface area (Å²) in [5.41, 5.74) is 0.826. The van der Waals surface area contributed by atoms with Gasteiger partial charge in [-0.2, -0.15) is 10.4 Å². The van der Waals surface area contributed by atoms with Crippen LogP contribution in [0.1, 0.15) is 22.5 Å². The third kappa shape index (κ3) is 2.55. The van der Waals surface area contributed by atoms with Crippen LogP contribution in [-0.2, 0) is 17.9 Å². The molecule has 6 heteroatoms. The topological polar surface area (TPSA) is 67.9 Å². The molecule has 0 amide bonds. The number of nitrogens with zero attached hydrogens (tertiary/aromatic N) is 3. The van der Waals surface area contributed by atoms with Gasteiger partial charge in [-0.3, -0.25) is 9.48 Å². The molecule has 0 aromatic carbocycles. The van der Waals surface area contributed by atoms with Crippen LogP contribution in [0.2, 0.25) is 5.15 Å². The van der Waals surface area contributed by atoms with Crippen molar-refractivity contribution in [1.29, 1.82) is 5.26 Å². The second-order valence-electron chi connectivity index (χ2n) is 2.83. The van der Waals surface area contributed by atoms with Gasteiger partial charge in [0.15, 0.2) is 6.29 Å². The average Bonchev–Trinajstić information content (AvgIpc) is 2.52. The zero-order valence-corrected chi connectivity index (χ0v) is 8.99. The molecule has 1 aromatic heterocycles. The van der Waals surface area contributed by atoms with Gasteiger partial charge in [-0.1, -0.05) is 11.6 Å². The number of nitriles is 1. The molecule has 1 heterocycles. The number of halogens is 1. The zero-order valence-electron chi connectivity index (χ0n) is 8.23. The molecule has 0 atom stereocenters. The molecule has 0 unspecified atom stereocenters. The van der Waals surface area contributed by atoms with Gasteiger partial charge in [-0.25, -0.2) is 0 Å². The number of aryl methyl sites for hydroxylation is 1. The molecule has 0 aliphatic rings. The van der Waals surface area contributed by atoms with Crippen molar-refractivity contribution >= 4 is 17.9 Å². The van der Waals surface area contributed by atoms with E-state index in [0.29, 0.717) is 30.5 Å². The van der Waals surface area contributed by atoms with Gasteiger partial charge in [-0.15, -0.1) is 0 Å². The number of methoxy groups -OCH3 is 1. The number of aromatic nitrogens is 2. The lowest BCUT2D eigenvalue weighted by Gasteiger charge is -1.97. The molecule has 5 nitrogen and oxygen atoms in total. The Hall–Kier alpha value is -1.38. The summed E-state index contributed by atoms with van der Waals surface area (Å²) in [6.45, 7) is 0.604. The maximum absolute atomic E-state index is 10.8. The summed E-state index contributed by atoms with van der Waals surface area (Å²) in [5.74, 6) is 0. The van der Waals surface area contributed by atoms with Crippen molar-refractivity contribution in [2.24, 2.45) is 0 Å². The van der Waals surface area contributed by atoms with Gasteiger partial charge in [0.1, 0.15) is 10.8 Å². The lowest BCUT2D eigenvalue weighted by Crippen LogP contribution is -2.00. The van der Waals surface area contributed by atoms with Crippen LogP contribution in [0.15, 0.2) is 0 Å². The summed E-state index contributed by atoms with van der Waals surface area (Å²) in [6.07, 6.45) is 0.943. The van der Waals surface area contributed by atoms with Gasteiger partial charge >= 0.3 is 0 Å². The van der Waals surface area contributed by atoms with Crippen molar-refractivity contribution in [3.05, 3.63) is 16.4 Å². The highest BCUT2D eigenvalue weighted by molar-refractivity contribution is 6.32. The normalized spacial score (nSPS) is 9.93. The maximum atomic E-state index is 10.8. The Morgan fingerprint density at radius 1 is 1.73 bits per heavy atom. The van der Waals surface area contributed by atoms with Crippen LogP contribution in [0.25, 0.3) is 0 Å². The highest BCUT2D eigenvalue weighted by atomic mass is 35.5. The van der Waals surface area contributed by atoms with Crippen LogP contribution in [0.4, 0.5) is 0 Å². The first kappa shape index (κ1) is 11.7. The van der Waals surface area contributed by atoms with Gasteiger partial charge in [-0.05, 0) is 0 Å². The summed E-state index contributed by atoms with van der Waals surface area (Å²) in [4.78, 5) is 10.8. The Bertz CT molecular complexity index is 395. The fourth-order valence-corrected chi connectivity index (χ4v) is 1.44. The molecule has 0 aliphatic carbocycles. The number of rotatable bonds is 5. The molecule has 0 bridgehead atoms. The van der Waals surface area contributed by atoms with E-state index in [0.717, 1.165) is 0 Å². The third-order valence-electron chi connectivity index (χ3n) is 1.84. The third-order valence-corrected chi connectivity index (χ3v) is 2.23. The molecular weight excluding hydrogens is 218 g/mol. The standard InChI is InChI=1S/C9H10ClN3O2/c1-15-6-8-7(5-14)9(10)13(12-8)4-2-3-11/h5H,2,4,6H2,1H3. The quantitative estimate of drug-likeness (QED) is 0.714. The Labute approximate surface area is 92.2 Å². The predicted octanol–water partition coefficient (Wildman–Crippen LogP) is 1.41. The molecule has 0 spiro atoms. The molecule has 0 saturated carbocycles. The number of carbonyl (C=O) groups is 1. The maximum Gasteiger partial charge on any atom is 0.155 e. The van der Waals surface area contributed by atoms with E-state index < -0.39 is 0 Å². The Morgan fingerprint density at radius 3 is 3.00 bits per heavy atom. The van der Waals surface area contributed by atoms with Crippen LogP contribution >= 0.6 is 11.6 Å². The van der Waals surface area contributed by atoms with Crippen LogP contribution in [0.5, 0.6) is 0 Å². The SMILES string of the molecule is COCc1nn(CCC#N)c(Cl)c1C=O. The molecule has 1 rings (SSSR count). The first-order valence-electron chi connectivity index (χ1n) is 4.30. The molecule has 15 heavy (non-hydrogen) atoms. The van der Waals surface area contributed by atoms with Crippen molar-refractivity contribution in [3.8, 4) is 6.07 Å². The van der Waals surface area contributed by atoms with E-state index in [2.05, 4.69) is 5.10 Å². The average molecular weight is 228 g/mol. The molecule has 0 fully saturated rings. The lowest BCUT2D eigenvalue weighted by molar-refractivity contribution is 0.111.